The lowest BCUT2D eigenvalue weighted by Crippen LogP contribution is -2.42. The van der Waals surface area contributed by atoms with Crippen molar-refractivity contribution in [2.24, 2.45) is 0 Å². The van der Waals surface area contributed by atoms with Crippen molar-refractivity contribution >= 4 is 0 Å². The zero-order chi connectivity index (χ0) is 16.8. The van der Waals surface area contributed by atoms with Crippen LogP contribution in [0, 0.1) is 5.82 Å². The normalized spacial score (nSPS) is 18.5. The molecule has 1 aliphatic rings. The summed E-state index contributed by atoms with van der Waals surface area (Å²) in [5.41, 5.74) is 1.62. The van der Waals surface area contributed by atoms with E-state index in [9.17, 15) is 4.39 Å². The van der Waals surface area contributed by atoms with E-state index >= 15 is 0 Å². The van der Waals surface area contributed by atoms with Crippen molar-refractivity contribution in [2.75, 3.05) is 26.8 Å². The van der Waals surface area contributed by atoms with Gasteiger partial charge in [0, 0.05) is 37.1 Å². The third-order valence-electron chi connectivity index (χ3n) is 4.27. The minimum absolute atomic E-state index is 0.131. The lowest BCUT2D eigenvalue weighted by Gasteiger charge is -2.33. The zero-order valence-corrected chi connectivity index (χ0v) is 13.8. The van der Waals surface area contributed by atoms with Crippen molar-refractivity contribution in [3.8, 4) is 5.75 Å². The van der Waals surface area contributed by atoms with E-state index in [1.165, 1.54) is 6.07 Å². The Bertz CT molecular complexity index is 654. The van der Waals surface area contributed by atoms with Gasteiger partial charge in [0.1, 0.15) is 17.9 Å². The van der Waals surface area contributed by atoms with Gasteiger partial charge in [-0.1, -0.05) is 6.07 Å². The number of hydrogen-bond donors (Lipinski definition) is 0. The summed E-state index contributed by atoms with van der Waals surface area (Å²) in [6.45, 7) is 2.76. The zero-order valence-electron chi connectivity index (χ0n) is 13.8. The fraction of sp³-hybridized carbons (Fsp3) is 0.444. The topological polar surface area (TPSA) is 47.5 Å². The minimum atomic E-state index is -0.224. The predicted molar refractivity (Wildman–Crippen MR) is 88.3 cm³/mol. The predicted octanol–water partition coefficient (Wildman–Crippen LogP) is 2.46. The molecule has 0 bridgehead atoms. The van der Waals surface area contributed by atoms with E-state index in [-0.39, 0.29) is 11.9 Å². The van der Waals surface area contributed by atoms with Crippen molar-refractivity contribution in [2.45, 2.75) is 25.5 Å². The van der Waals surface area contributed by atoms with Crippen LogP contribution >= 0.6 is 0 Å². The van der Waals surface area contributed by atoms with E-state index in [4.69, 9.17) is 9.47 Å². The van der Waals surface area contributed by atoms with Crippen LogP contribution < -0.4 is 4.74 Å². The van der Waals surface area contributed by atoms with Crippen molar-refractivity contribution in [3.63, 3.8) is 0 Å². The van der Waals surface area contributed by atoms with Crippen molar-refractivity contribution in [1.82, 2.24) is 14.9 Å². The molecule has 0 N–H and O–H groups in total. The second-order valence-corrected chi connectivity index (χ2v) is 5.89. The van der Waals surface area contributed by atoms with Gasteiger partial charge >= 0.3 is 0 Å². The van der Waals surface area contributed by atoms with Crippen molar-refractivity contribution in [3.05, 3.63) is 53.9 Å². The van der Waals surface area contributed by atoms with Gasteiger partial charge in [0.2, 0.25) is 0 Å². The largest absolute Gasteiger partial charge is 0.496 e. The number of benzene rings is 1. The van der Waals surface area contributed by atoms with Crippen molar-refractivity contribution < 1.29 is 13.9 Å². The Hall–Kier alpha value is -2.05. The number of aromatic nitrogens is 2. The molecule has 1 aliphatic heterocycles. The van der Waals surface area contributed by atoms with Crippen LogP contribution in [0.4, 0.5) is 4.39 Å². The molecule has 5 nitrogen and oxygen atoms in total. The van der Waals surface area contributed by atoms with E-state index in [0.29, 0.717) is 24.5 Å². The maximum atomic E-state index is 14.1. The first-order valence-electron chi connectivity index (χ1n) is 8.16. The van der Waals surface area contributed by atoms with Gasteiger partial charge in [0.25, 0.3) is 0 Å². The molecule has 24 heavy (non-hydrogen) atoms. The molecule has 0 spiro atoms. The Balaban J connectivity index is 1.58. The molecule has 0 radical (unpaired) electrons. The summed E-state index contributed by atoms with van der Waals surface area (Å²) in [5, 5.41) is 0. The number of aryl methyl sites for hydroxylation is 1. The summed E-state index contributed by atoms with van der Waals surface area (Å²) >= 11 is 0. The van der Waals surface area contributed by atoms with E-state index in [2.05, 4.69) is 14.9 Å². The molecule has 1 aromatic carbocycles. The third-order valence-corrected chi connectivity index (χ3v) is 4.27. The number of ether oxygens (including phenoxy) is 2. The van der Waals surface area contributed by atoms with Gasteiger partial charge in [-0.25, -0.2) is 14.4 Å². The quantitative estimate of drug-likeness (QED) is 0.814. The SMILES string of the molecule is COc1cccc(F)c1CN1CCO[C@@H](CCc2ccncn2)C1. The Morgan fingerprint density at radius 2 is 2.29 bits per heavy atom. The highest BCUT2D eigenvalue weighted by atomic mass is 19.1. The Labute approximate surface area is 141 Å². The first kappa shape index (κ1) is 16.8. The molecule has 1 atom stereocenters. The van der Waals surface area contributed by atoms with Crippen LogP contribution in [0.15, 0.2) is 36.8 Å². The molecule has 128 valence electrons. The Morgan fingerprint density at radius 1 is 1.38 bits per heavy atom. The number of hydrogen-bond acceptors (Lipinski definition) is 5. The molecule has 0 saturated carbocycles. The summed E-state index contributed by atoms with van der Waals surface area (Å²) in [5.74, 6) is 0.373. The number of halogens is 1. The van der Waals surface area contributed by atoms with Gasteiger partial charge in [-0.2, -0.15) is 0 Å². The van der Waals surface area contributed by atoms with E-state index in [0.717, 1.165) is 31.6 Å². The van der Waals surface area contributed by atoms with Gasteiger partial charge in [0.15, 0.2) is 0 Å². The first-order chi connectivity index (χ1) is 11.8. The second kappa shape index (κ2) is 8.17. The summed E-state index contributed by atoms with van der Waals surface area (Å²) in [7, 11) is 1.57. The smallest absolute Gasteiger partial charge is 0.131 e. The molecular formula is C18H22FN3O2. The average Bonchev–Trinajstić information content (AvgIpc) is 2.63. The van der Waals surface area contributed by atoms with Crippen molar-refractivity contribution in [1.29, 1.82) is 0 Å². The summed E-state index contributed by atoms with van der Waals surface area (Å²) < 4.78 is 25.2. The molecule has 3 rings (SSSR count). The molecular weight excluding hydrogens is 309 g/mol. The number of nitrogens with zero attached hydrogens (tertiary/aromatic N) is 3. The molecule has 6 heteroatoms. The fourth-order valence-electron chi connectivity index (χ4n) is 2.98. The van der Waals surface area contributed by atoms with Crippen LogP contribution in [-0.4, -0.2) is 47.8 Å². The third kappa shape index (κ3) is 4.27. The van der Waals surface area contributed by atoms with E-state index in [1.54, 1.807) is 31.8 Å². The van der Waals surface area contributed by atoms with Gasteiger partial charge in [-0.05, 0) is 31.0 Å². The molecule has 2 aromatic rings. The van der Waals surface area contributed by atoms with Crippen LogP contribution in [-0.2, 0) is 17.7 Å². The molecule has 0 aliphatic carbocycles. The Kier molecular flexibility index (Phi) is 5.72. The lowest BCUT2D eigenvalue weighted by molar-refractivity contribution is -0.0351. The highest BCUT2D eigenvalue weighted by Crippen LogP contribution is 2.24. The van der Waals surface area contributed by atoms with Crippen LogP contribution in [0.1, 0.15) is 17.7 Å². The number of rotatable bonds is 6. The first-order valence-corrected chi connectivity index (χ1v) is 8.16. The number of methoxy groups -OCH3 is 1. The highest BCUT2D eigenvalue weighted by molar-refractivity contribution is 5.34. The average molecular weight is 331 g/mol. The lowest BCUT2D eigenvalue weighted by atomic mass is 10.1. The summed E-state index contributed by atoms with van der Waals surface area (Å²) in [4.78, 5) is 10.4. The van der Waals surface area contributed by atoms with Crippen LogP contribution in [0.2, 0.25) is 0 Å². The second-order valence-electron chi connectivity index (χ2n) is 5.89. The van der Waals surface area contributed by atoms with E-state index < -0.39 is 0 Å². The van der Waals surface area contributed by atoms with Crippen LogP contribution in [0.25, 0.3) is 0 Å². The van der Waals surface area contributed by atoms with Gasteiger partial charge in [0.05, 0.1) is 19.8 Å². The number of morpholine rings is 1. The minimum Gasteiger partial charge on any atom is -0.496 e. The Morgan fingerprint density at radius 3 is 3.08 bits per heavy atom. The maximum absolute atomic E-state index is 14.1. The van der Waals surface area contributed by atoms with Crippen LogP contribution in [0.3, 0.4) is 0 Å². The monoisotopic (exact) mass is 331 g/mol. The van der Waals surface area contributed by atoms with Gasteiger partial charge < -0.3 is 9.47 Å². The van der Waals surface area contributed by atoms with Gasteiger partial charge in [-0.15, -0.1) is 0 Å². The van der Waals surface area contributed by atoms with Crippen LogP contribution in [0.5, 0.6) is 5.75 Å². The van der Waals surface area contributed by atoms with E-state index in [1.807, 2.05) is 6.07 Å². The highest BCUT2D eigenvalue weighted by Gasteiger charge is 2.22. The standard InChI is InChI=1S/C18H22FN3O2/c1-23-18-4-2-3-17(19)16(18)12-22-9-10-24-15(11-22)6-5-14-7-8-20-13-21-14/h2-4,7-8,13,15H,5-6,9-12H2,1H3/t15-/m0/s1. The summed E-state index contributed by atoms with van der Waals surface area (Å²) in [6, 6.07) is 6.86. The maximum Gasteiger partial charge on any atom is 0.131 e. The molecule has 0 unspecified atom stereocenters. The molecule has 0 amide bonds. The molecule has 2 heterocycles. The molecule has 1 fully saturated rings. The summed E-state index contributed by atoms with van der Waals surface area (Å²) in [6.07, 6.45) is 5.19. The molecule has 1 saturated heterocycles. The van der Waals surface area contributed by atoms with Gasteiger partial charge in [-0.3, -0.25) is 4.90 Å². The fourth-order valence-corrected chi connectivity index (χ4v) is 2.98. The molecule has 1 aromatic heterocycles.